The molecule has 8 heteroatoms. The van der Waals surface area contributed by atoms with Gasteiger partial charge in [-0.05, 0) is 38.3 Å². The second kappa shape index (κ2) is 6.01. The van der Waals surface area contributed by atoms with E-state index in [4.69, 9.17) is 0 Å². The first-order chi connectivity index (χ1) is 10.9. The van der Waals surface area contributed by atoms with Crippen molar-refractivity contribution in [3.8, 4) is 0 Å². The molecule has 1 atom stereocenters. The lowest BCUT2D eigenvalue weighted by Gasteiger charge is -2.33. The van der Waals surface area contributed by atoms with Crippen molar-refractivity contribution < 1.29 is 12.8 Å². The Morgan fingerprint density at radius 2 is 2.09 bits per heavy atom. The Bertz CT molecular complexity index is 798. The van der Waals surface area contributed by atoms with E-state index in [1.54, 1.807) is 19.9 Å². The van der Waals surface area contributed by atoms with Gasteiger partial charge in [0.15, 0.2) is 5.82 Å². The minimum atomic E-state index is -3.95. The maximum atomic E-state index is 14.2. The summed E-state index contributed by atoms with van der Waals surface area (Å²) in [5.74, 6) is 0.352. The van der Waals surface area contributed by atoms with Crippen molar-refractivity contribution in [2.24, 2.45) is 0 Å². The third-order valence-electron chi connectivity index (χ3n) is 4.10. The highest BCUT2D eigenvalue weighted by atomic mass is 32.2. The molecule has 0 bridgehead atoms. The average Bonchev–Trinajstić information content (AvgIpc) is 2.93. The maximum absolute atomic E-state index is 14.2. The predicted molar refractivity (Wildman–Crippen MR) is 82.7 cm³/mol. The Morgan fingerprint density at radius 1 is 1.30 bits per heavy atom. The SMILES string of the molecule is Cc1nc(C2CCCCN2S(=O)(=O)c2c(C)cccc2F)n[nH]1. The minimum absolute atomic E-state index is 0.251. The first kappa shape index (κ1) is 16.1. The van der Waals surface area contributed by atoms with E-state index in [2.05, 4.69) is 15.2 Å². The predicted octanol–water partition coefficient (Wildman–Crippen LogP) is 2.48. The monoisotopic (exact) mass is 338 g/mol. The van der Waals surface area contributed by atoms with E-state index in [0.717, 1.165) is 12.8 Å². The first-order valence-corrected chi connectivity index (χ1v) is 9.01. The summed E-state index contributed by atoms with van der Waals surface area (Å²) in [7, 11) is -3.95. The molecule has 1 aliphatic heterocycles. The number of hydrogen-bond donors (Lipinski definition) is 1. The second-order valence-electron chi connectivity index (χ2n) is 5.79. The van der Waals surface area contributed by atoms with Crippen molar-refractivity contribution >= 4 is 10.0 Å². The summed E-state index contributed by atoms with van der Waals surface area (Å²) in [6, 6.07) is 3.83. The lowest BCUT2D eigenvalue weighted by molar-refractivity contribution is 0.246. The van der Waals surface area contributed by atoms with Gasteiger partial charge in [-0.25, -0.2) is 17.8 Å². The summed E-state index contributed by atoms with van der Waals surface area (Å²) in [5.41, 5.74) is 0.403. The number of rotatable bonds is 3. The number of hydrogen-bond acceptors (Lipinski definition) is 4. The molecular formula is C15H19FN4O2S. The molecule has 6 nitrogen and oxygen atoms in total. The normalized spacial score (nSPS) is 19.9. The standard InChI is InChI=1S/C15H19FN4O2S/c1-10-6-5-7-12(16)14(10)23(21,22)20-9-4-3-8-13(20)15-17-11(2)18-19-15/h5-7,13H,3-4,8-9H2,1-2H3,(H,17,18,19). The van der Waals surface area contributed by atoms with E-state index in [1.165, 1.54) is 16.4 Å². The summed E-state index contributed by atoms with van der Waals surface area (Å²) in [4.78, 5) is 4.02. The highest BCUT2D eigenvalue weighted by Crippen LogP contribution is 2.35. The summed E-state index contributed by atoms with van der Waals surface area (Å²) >= 11 is 0. The number of nitrogens with zero attached hydrogens (tertiary/aromatic N) is 3. The van der Waals surface area contributed by atoms with Crippen molar-refractivity contribution in [1.29, 1.82) is 0 Å². The molecule has 3 rings (SSSR count). The van der Waals surface area contributed by atoms with Gasteiger partial charge in [0.2, 0.25) is 10.0 Å². The summed E-state index contributed by atoms with van der Waals surface area (Å²) in [6.45, 7) is 3.71. The zero-order valence-corrected chi connectivity index (χ0v) is 13.9. The van der Waals surface area contributed by atoms with Crippen LogP contribution in [0.15, 0.2) is 23.1 Å². The van der Waals surface area contributed by atoms with Crippen molar-refractivity contribution in [2.75, 3.05) is 6.54 Å². The Balaban J connectivity index is 2.06. The van der Waals surface area contributed by atoms with Crippen LogP contribution in [0.3, 0.4) is 0 Å². The van der Waals surface area contributed by atoms with Crippen LogP contribution >= 0.6 is 0 Å². The van der Waals surface area contributed by atoms with E-state index in [-0.39, 0.29) is 4.90 Å². The number of H-pyrrole nitrogens is 1. The number of nitrogens with one attached hydrogen (secondary N) is 1. The molecule has 124 valence electrons. The third-order valence-corrected chi connectivity index (χ3v) is 6.18. The first-order valence-electron chi connectivity index (χ1n) is 7.57. The molecule has 1 saturated heterocycles. The van der Waals surface area contributed by atoms with Crippen LogP contribution in [0, 0.1) is 19.7 Å². The van der Waals surface area contributed by atoms with Crippen LogP contribution in [-0.4, -0.2) is 34.4 Å². The number of aromatic nitrogens is 3. The summed E-state index contributed by atoms with van der Waals surface area (Å²) < 4.78 is 41.6. The van der Waals surface area contributed by atoms with Crippen molar-refractivity contribution in [2.45, 2.75) is 44.0 Å². The van der Waals surface area contributed by atoms with Crippen molar-refractivity contribution in [1.82, 2.24) is 19.5 Å². The fourth-order valence-corrected chi connectivity index (χ4v) is 4.95. The molecule has 23 heavy (non-hydrogen) atoms. The molecule has 1 aliphatic rings. The van der Waals surface area contributed by atoms with E-state index >= 15 is 0 Å². The van der Waals surface area contributed by atoms with Gasteiger partial charge in [0.25, 0.3) is 0 Å². The number of benzene rings is 1. The topological polar surface area (TPSA) is 79.0 Å². The Hall–Kier alpha value is -1.80. The third kappa shape index (κ3) is 2.88. The van der Waals surface area contributed by atoms with Crippen LogP contribution in [0.1, 0.15) is 42.5 Å². The Kier molecular flexibility index (Phi) is 4.20. The molecule has 1 N–H and O–H groups in total. The zero-order chi connectivity index (χ0) is 16.6. The molecule has 0 amide bonds. The van der Waals surface area contributed by atoms with Gasteiger partial charge in [0.05, 0.1) is 6.04 Å². The number of aryl methyl sites for hydroxylation is 2. The van der Waals surface area contributed by atoms with Crippen molar-refractivity contribution in [3.05, 3.63) is 41.2 Å². The molecular weight excluding hydrogens is 319 g/mol. The lowest BCUT2D eigenvalue weighted by atomic mass is 10.0. The summed E-state index contributed by atoms with van der Waals surface area (Å²) in [5, 5.41) is 6.85. The van der Waals surface area contributed by atoms with Gasteiger partial charge >= 0.3 is 0 Å². The Morgan fingerprint density at radius 3 is 2.74 bits per heavy atom. The van der Waals surface area contributed by atoms with Crippen LogP contribution in [0.25, 0.3) is 0 Å². The average molecular weight is 338 g/mol. The highest BCUT2D eigenvalue weighted by Gasteiger charge is 2.38. The molecule has 1 aromatic carbocycles. The van der Waals surface area contributed by atoms with Gasteiger partial charge in [-0.1, -0.05) is 18.6 Å². The lowest BCUT2D eigenvalue weighted by Crippen LogP contribution is -2.39. The van der Waals surface area contributed by atoms with Crippen LogP contribution in [0.2, 0.25) is 0 Å². The molecule has 2 heterocycles. The fourth-order valence-electron chi connectivity index (χ4n) is 3.02. The Labute approximate surface area is 134 Å². The number of halogens is 1. The van der Waals surface area contributed by atoms with Gasteiger partial charge in [0, 0.05) is 6.54 Å². The molecule has 0 spiro atoms. The van der Waals surface area contributed by atoms with E-state index in [1.807, 2.05) is 0 Å². The molecule has 0 saturated carbocycles. The molecule has 0 aliphatic carbocycles. The molecule has 1 unspecified atom stereocenters. The van der Waals surface area contributed by atoms with E-state index in [9.17, 15) is 12.8 Å². The van der Waals surface area contributed by atoms with Crippen LogP contribution in [-0.2, 0) is 10.0 Å². The van der Waals surface area contributed by atoms with Gasteiger partial charge in [-0.2, -0.15) is 9.40 Å². The second-order valence-corrected chi connectivity index (χ2v) is 7.62. The zero-order valence-electron chi connectivity index (χ0n) is 13.1. The smallest absolute Gasteiger partial charge is 0.246 e. The van der Waals surface area contributed by atoms with E-state index < -0.39 is 21.9 Å². The molecule has 2 aromatic rings. The number of sulfonamides is 1. The molecule has 1 aromatic heterocycles. The van der Waals surface area contributed by atoms with Gasteiger partial charge in [-0.15, -0.1) is 0 Å². The van der Waals surface area contributed by atoms with Crippen LogP contribution in [0.4, 0.5) is 4.39 Å². The fraction of sp³-hybridized carbons (Fsp3) is 0.467. The number of piperidine rings is 1. The minimum Gasteiger partial charge on any atom is -0.263 e. The van der Waals surface area contributed by atoms with Crippen LogP contribution < -0.4 is 0 Å². The van der Waals surface area contributed by atoms with Crippen LogP contribution in [0.5, 0.6) is 0 Å². The highest BCUT2D eigenvalue weighted by molar-refractivity contribution is 7.89. The largest absolute Gasteiger partial charge is 0.263 e. The summed E-state index contributed by atoms with van der Waals surface area (Å²) in [6.07, 6.45) is 2.26. The van der Waals surface area contributed by atoms with Crippen molar-refractivity contribution in [3.63, 3.8) is 0 Å². The van der Waals surface area contributed by atoms with E-state index in [0.29, 0.717) is 30.2 Å². The molecule has 1 fully saturated rings. The van der Waals surface area contributed by atoms with Gasteiger partial charge in [-0.3, -0.25) is 5.10 Å². The van der Waals surface area contributed by atoms with Gasteiger partial charge < -0.3 is 0 Å². The maximum Gasteiger partial charge on any atom is 0.246 e. The number of aromatic amines is 1. The quantitative estimate of drug-likeness (QED) is 0.932. The molecule has 0 radical (unpaired) electrons. The van der Waals surface area contributed by atoms with Gasteiger partial charge in [0.1, 0.15) is 16.5 Å².